The first-order valence-electron chi connectivity index (χ1n) is 10.8. The van der Waals surface area contributed by atoms with E-state index in [0.29, 0.717) is 12.5 Å². The number of carbonyl (C=O) groups is 1. The second kappa shape index (κ2) is 6.98. The van der Waals surface area contributed by atoms with Gasteiger partial charge in [-0.05, 0) is 37.5 Å². The molecule has 0 spiro atoms. The molecule has 3 aliphatic rings. The number of nitrogens with zero attached hydrogens (tertiary/aromatic N) is 5. The molecular formula is C22H25N7O. The smallest absolute Gasteiger partial charge is 0.327 e. The predicted molar refractivity (Wildman–Crippen MR) is 117 cm³/mol. The van der Waals surface area contributed by atoms with Gasteiger partial charge in [0.2, 0.25) is 0 Å². The van der Waals surface area contributed by atoms with Crippen molar-refractivity contribution in [2.24, 2.45) is 0 Å². The van der Waals surface area contributed by atoms with Crippen LogP contribution in [0.2, 0.25) is 0 Å². The van der Waals surface area contributed by atoms with E-state index in [1.54, 1.807) is 4.90 Å². The molecule has 154 valence electrons. The van der Waals surface area contributed by atoms with Gasteiger partial charge in [-0.15, -0.1) is 0 Å². The molecule has 0 bridgehead atoms. The Balaban J connectivity index is 1.23. The van der Waals surface area contributed by atoms with Gasteiger partial charge >= 0.3 is 6.03 Å². The fourth-order valence-corrected chi connectivity index (χ4v) is 4.53. The number of hydrogen-bond donors (Lipinski definition) is 2. The molecule has 2 N–H and O–H groups in total. The summed E-state index contributed by atoms with van der Waals surface area (Å²) in [5.41, 5.74) is 5.22. The number of hydrogen-bond acceptors (Lipinski definition) is 5. The van der Waals surface area contributed by atoms with E-state index in [4.69, 9.17) is 0 Å². The van der Waals surface area contributed by atoms with Crippen LogP contribution in [-0.2, 0) is 6.42 Å². The van der Waals surface area contributed by atoms with Gasteiger partial charge in [0.05, 0.1) is 11.4 Å². The van der Waals surface area contributed by atoms with Crippen molar-refractivity contribution in [1.82, 2.24) is 19.7 Å². The second-order valence-electron chi connectivity index (χ2n) is 8.32. The average Bonchev–Trinajstić information content (AvgIpc) is 3.39. The highest BCUT2D eigenvalue weighted by Crippen LogP contribution is 2.39. The molecule has 0 aromatic carbocycles. The number of rotatable bonds is 3. The van der Waals surface area contributed by atoms with Crippen LogP contribution in [-0.4, -0.2) is 53.1 Å². The van der Waals surface area contributed by atoms with Crippen molar-refractivity contribution in [3.63, 3.8) is 0 Å². The Hall–Kier alpha value is -3.13. The van der Waals surface area contributed by atoms with Crippen molar-refractivity contribution in [2.45, 2.75) is 25.2 Å². The van der Waals surface area contributed by atoms with E-state index in [2.05, 4.69) is 37.8 Å². The van der Waals surface area contributed by atoms with Gasteiger partial charge < -0.3 is 19.9 Å². The summed E-state index contributed by atoms with van der Waals surface area (Å²) in [6, 6.07) is 5.81. The summed E-state index contributed by atoms with van der Waals surface area (Å²) in [4.78, 5) is 26.4. The van der Waals surface area contributed by atoms with E-state index < -0.39 is 0 Å². The molecule has 2 aliphatic heterocycles. The molecular weight excluding hydrogens is 378 g/mol. The Labute approximate surface area is 174 Å². The standard InChI is InChI=1S/C22H25N7O/c30-22(25-16-3-4-20-26-18(15-1-2-15)14-28(20)13-16)29-10-6-17-19(5-7-24-21(17)29)27-11-8-23-9-12-27/h3-5,7,13-15,23H,1-2,6,8-12H2,(H,25,30). The highest BCUT2D eigenvalue weighted by atomic mass is 16.2. The SMILES string of the molecule is O=C(Nc1ccc2nc(C3CC3)cn2c1)N1CCc2c(N3CCNCC3)ccnc21. The van der Waals surface area contributed by atoms with Crippen LogP contribution >= 0.6 is 0 Å². The number of carbonyl (C=O) groups excluding carboxylic acids is 1. The topological polar surface area (TPSA) is 77.8 Å². The van der Waals surface area contributed by atoms with E-state index in [1.165, 1.54) is 24.1 Å². The summed E-state index contributed by atoms with van der Waals surface area (Å²) >= 11 is 0. The van der Waals surface area contributed by atoms with Crippen LogP contribution in [0, 0.1) is 0 Å². The molecule has 5 heterocycles. The lowest BCUT2D eigenvalue weighted by Crippen LogP contribution is -2.43. The molecule has 0 atom stereocenters. The third kappa shape index (κ3) is 3.08. The number of anilines is 3. The molecule has 0 unspecified atom stereocenters. The van der Waals surface area contributed by atoms with Crippen LogP contribution < -0.4 is 20.4 Å². The fourth-order valence-electron chi connectivity index (χ4n) is 4.53. The van der Waals surface area contributed by atoms with E-state index in [9.17, 15) is 4.79 Å². The molecule has 2 fully saturated rings. The number of amides is 2. The Morgan fingerprint density at radius 1 is 1.10 bits per heavy atom. The lowest BCUT2D eigenvalue weighted by Gasteiger charge is -2.31. The van der Waals surface area contributed by atoms with Gasteiger partial charge in [0.15, 0.2) is 0 Å². The number of fused-ring (bicyclic) bond motifs is 2. The van der Waals surface area contributed by atoms with Gasteiger partial charge in [-0.25, -0.2) is 14.8 Å². The van der Waals surface area contributed by atoms with Gasteiger partial charge in [-0.2, -0.15) is 0 Å². The predicted octanol–water partition coefficient (Wildman–Crippen LogP) is 2.61. The summed E-state index contributed by atoms with van der Waals surface area (Å²) in [5.74, 6) is 1.39. The first kappa shape index (κ1) is 17.7. The molecule has 1 saturated carbocycles. The van der Waals surface area contributed by atoms with Crippen molar-refractivity contribution in [2.75, 3.05) is 47.8 Å². The van der Waals surface area contributed by atoms with Crippen LogP contribution in [0.15, 0.2) is 36.8 Å². The largest absolute Gasteiger partial charge is 0.369 e. The molecule has 30 heavy (non-hydrogen) atoms. The number of urea groups is 1. The maximum Gasteiger partial charge on any atom is 0.327 e. The lowest BCUT2D eigenvalue weighted by molar-refractivity contribution is 0.257. The number of pyridine rings is 2. The van der Waals surface area contributed by atoms with Crippen molar-refractivity contribution in [3.8, 4) is 0 Å². The van der Waals surface area contributed by atoms with Gasteiger partial charge in [0.25, 0.3) is 0 Å². The zero-order valence-electron chi connectivity index (χ0n) is 16.8. The zero-order valence-corrected chi connectivity index (χ0v) is 16.8. The van der Waals surface area contributed by atoms with Crippen LogP contribution in [0.1, 0.15) is 30.0 Å². The maximum absolute atomic E-state index is 13.1. The first-order valence-corrected chi connectivity index (χ1v) is 10.8. The van der Waals surface area contributed by atoms with Crippen molar-refractivity contribution in [3.05, 3.63) is 48.0 Å². The molecule has 8 nitrogen and oxygen atoms in total. The van der Waals surface area contributed by atoms with Crippen molar-refractivity contribution in [1.29, 1.82) is 0 Å². The Morgan fingerprint density at radius 3 is 2.80 bits per heavy atom. The van der Waals surface area contributed by atoms with Gasteiger partial charge in [-0.3, -0.25) is 4.90 Å². The summed E-state index contributed by atoms with van der Waals surface area (Å²) in [6.45, 7) is 4.59. The van der Waals surface area contributed by atoms with E-state index in [0.717, 1.165) is 55.4 Å². The fraction of sp³-hybridized carbons (Fsp3) is 0.409. The Bertz CT molecular complexity index is 1110. The molecule has 6 rings (SSSR count). The molecule has 3 aromatic rings. The quantitative estimate of drug-likeness (QED) is 0.703. The van der Waals surface area contributed by atoms with Gasteiger partial charge in [-0.1, -0.05) is 0 Å². The summed E-state index contributed by atoms with van der Waals surface area (Å²) in [5, 5.41) is 6.44. The highest BCUT2D eigenvalue weighted by molar-refractivity contribution is 6.03. The summed E-state index contributed by atoms with van der Waals surface area (Å²) in [7, 11) is 0. The van der Waals surface area contributed by atoms with Crippen LogP contribution in [0.25, 0.3) is 5.65 Å². The molecule has 1 saturated heterocycles. The molecule has 8 heteroatoms. The number of piperazine rings is 1. The first-order chi connectivity index (χ1) is 14.8. The van der Waals surface area contributed by atoms with Crippen LogP contribution in [0.4, 0.5) is 22.0 Å². The van der Waals surface area contributed by atoms with Gasteiger partial charge in [0.1, 0.15) is 11.5 Å². The maximum atomic E-state index is 13.1. The molecule has 0 radical (unpaired) electrons. The third-order valence-electron chi connectivity index (χ3n) is 6.27. The van der Waals surface area contributed by atoms with Crippen LogP contribution in [0.5, 0.6) is 0 Å². The number of imidazole rings is 1. The summed E-state index contributed by atoms with van der Waals surface area (Å²) in [6.07, 6.45) is 9.12. The highest BCUT2D eigenvalue weighted by Gasteiger charge is 2.30. The third-order valence-corrected chi connectivity index (χ3v) is 6.27. The minimum absolute atomic E-state index is 0.138. The van der Waals surface area contributed by atoms with Crippen molar-refractivity contribution >= 4 is 28.9 Å². The number of aromatic nitrogens is 3. The lowest BCUT2D eigenvalue weighted by atomic mass is 10.1. The molecule has 1 aliphatic carbocycles. The average molecular weight is 403 g/mol. The second-order valence-corrected chi connectivity index (χ2v) is 8.32. The monoisotopic (exact) mass is 403 g/mol. The van der Waals surface area contributed by atoms with E-state index >= 15 is 0 Å². The minimum atomic E-state index is -0.138. The van der Waals surface area contributed by atoms with Crippen molar-refractivity contribution < 1.29 is 4.79 Å². The van der Waals surface area contributed by atoms with E-state index in [1.807, 2.05) is 28.9 Å². The minimum Gasteiger partial charge on any atom is -0.369 e. The molecule has 3 aromatic heterocycles. The Morgan fingerprint density at radius 2 is 1.97 bits per heavy atom. The van der Waals surface area contributed by atoms with Gasteiger partial charge in [0, 0.05) is 68.5 Å². The van der Waals surface area contributed by atoms with Crippen LogP contribution in [0.3, 0.4) is 0 Å². The summed E-state index contributed by atoms with van der Waals surface area (Å²) < 4.78 is 2.00. The molecule has 2 amide bonds. The van der Waals surface area contributed by atoms with E-state index in [-0.39, 0.29) is 6.03 Å². The number of nitrogens with one attached hydrogen (secondary N) is 2. The zero-order chi connectivity index (χ0) is 20.1. The normalized spacial score (nSPS) is 18.7. The Kier molecular flexibility index (Phi) is 4.12.